The van der Waals surface area contributed by atoms with E-state index >= 15 is 0 Å². The zero-order valence-corrected chi connectivity index (χ0v) is 16.1. The molecule has 0 fully saturated rings. The second-order valence-electron chi connectivity index (χ2n) is 6.68. The van der Waals surface area contributed by atoms with Crippen molar-refractivity contribution in [3.63, 3.8) is 0 Å². The van der Waals surface area contributed by atoms with E-state index in [0.29, 0.717) is 0 Å². The summed E-state index contributed by atoms with van der Waals surface area (Å²) in [5, 5.41) is 0. The van der Waals surface area contributed by atoms with Crippen LogP contribution in [-0.4, -0.2) is 24.9 Å². The van der Waals surface area contributed by atoms with Crippen LogP contribution < -0.4 is 0 Å². The maximum atomic E-state index is 4.79. The molecule has 0 aromatic carbocycles. The van der Waals surface area contributed by atoms with E-state index in [4.69, 9.17) is 9.97 Å². The molecule has 0 aliphatic rings. The third-order valence-electron chi connectivity index (χ3n) is 4.67. The van der Waals surface area contributed by atoms with Gasteiger partial charge in [-0.15, -0.1) is 0 Å². The highest BCUT2D eigenvalue weighted by Crippen LogP contribution is 2.25. The van der Waals surface area contributed by atoms with Gasteiger partial charge in [0.1, 0.15) is 0 Å². The highest BCUT2D eigenvalue weighted by Gasteiger charge is 2.09. The van der Waals surface area contributed by atoms with Crippen molar-refractivity contribution in [2.24, 2.45) is 0 Å². The van der Waals surface area contributed by atoms with Gasteiger partial charge in [0.25, 0.3) is 0 Å². The van der Waals surface area contributed by atoms with E-state index in [-0.39, 0.29) is 0 Å². The SMILES string of the molecule is c1ccc(-c2cccc(-c3ccnc(-c4cccc(-c5ccccn5)n4)c3)n2)nc1. The summed E-state index contributed by atoms with van der Waals surface area (Å²) >= 11 is 0. The van der Waals surface area contributed by atoms with Crippen LogP contribution in [0.5, 0.6) is 0 Å². The van der Waals surface area contributed by atoms with Gasteiger partial charge in [-0.3, -0.25) is 15.0 Å². The first kappa shape index (κ1) is 17.8. The van der Waals surface area contributed by atoms with E-state index in [2.05, 4.69) is 15.0 Å². The Hall–Kier alpha value is -4.25. The smallest absolute Gasteiger partial charge is 0.0894 e. The van der Waals surface area contributed by atoms with Crippen molar-refractivity contribution >= 4 is 0 Å². The highest BCUT2D eigenvalue weighted by atomic mass is 14.8. The van der Waals surface area contributed by atoms with Crippen LogP contribution in [0, 0.1) is 0 Å². The molecule has 5 heterocycles. The van der Waals surface area contributed by atoms with Crippen molar-refractivity contribution in [3.8, 4) is 45.4 Å². The second kappa shape index (κ2) is 8.01. The Kier molecular flexibility index (Phi) is 4.76. The molecule has 5 nitrogen and oxygen atoms in total. The average Bonchev–Trinajstić information content (AvgIpc) is 2.85. The summed E-state index contributed by atoms with van der Waals surface area (Å²) in [6.45, 7) is 0. The lowest BCUT2D eigenvalue weighted by Gasteiger charge is -2.07. The van der Waals surface area contributed by atoms with E-state index < -0.39 is 0 Å². The maximum Gasteiger partial charge on any atom is 0.0894 e. The molecule has 0 N–H and O–H groups in total. The molecule has 0 saturated carbocycles. The van der Waals surface area contributed by atoms with Gasteiger partial charge in [0.05, 0.1) is 39.9 Å². The van der Waals surface area contributed by atoms with Crippen LogP contribution >= 0.6 is 0 Å². The molecule has 0 aliphatic carbocycles. The first-order valence-electron chi connectivity index (χ1n) is 9.60. The molecule has 5 rings (SSSR count). The van der Waals surface area contributed by atoms with Crippen molar-refractivity contribution in [2.45, 2.75) is 0 Å². The van der Waals surface area contributed by atoms with Gasteiger partial charge >= 0.3 is 0 Å². The number of nitrogens with zero attached hydrogens (tertiary/aromatic N) is 5. The Morgan fingerprint density at radius 3 is 1.47 bits per heavy atom. The fraction of sp³-hybridized carbons (Fsp3) is 0. The molecule has 30 heavy (non-hydrogen) atoms. The van der Waals surface area contributed by atoms with Gasteiger partial charge < -0.3 is 0 Å². The summed E-state index contributed by atoms with van der Waals surface area (Å²) in [4.78, 5) is 22.9. The number of rotatable bonds is 4. The lowest BCUT2D eigenvalue weighted by atomic mass is 10.1. The van der Waals surface area contributed by atoms with Gasteiger partial charge in [0, 0.05) is 24.2 Å². The number of pyridine rings is 5. The van der Waals surface area contributed by atoms with Crippen molar-refractivity contribution in [2.75, 3.05) is 0 Å². The summed E-state index contributed by atoms with van der Waals surface area (Å²) in [7, 11) is 0. The third kappa shape index (κ3) is 3.69. The lowest BCUT2D eigenvalue weighted by Crippen LogP contribution is -1.93. The number of aromatic nitrogens is 5. The van der Waals surface area contributed by atoms with Gasteiger partial charge in [-0.1, -0.05) is 24.3 Å². The second-order valence-corrected chi connectivity index (χ2v) is 6.68. The summed E-state index contributed by atoms with van der Waals surface area (Å²) < 4.78 is 0. The summed E-state index contributed by atoms with van der Waals surface area (Å²) in [6, 6.07) is 27.4. The van der Waals surface area contributed by atoms with Crippen molar-refractivity contribution in [1.29, 1.82) is 0 Å². The minimum Gasteiger partial charge on any atom is -0.255 e. The molecular formula is C25H17N5. The molecule has 0 saturated heterocycles. The quantitative estimate of drug-likeness (QED) is 0.417. The molecule has 0 bridgehead atoms. The van der Waals surface area contributed by atoms with Crippen LogP contribution in [-0.2, 0) is 0 Å². The number of hydrogen-bond acceptors (Lipinski definition) is 5. The van der Waals surface area contributed by atoms with Gasteiger partial charge in [-0.25, -0.2) is 9.97 Å². The van der Waals surface area contributed by atoms with Crippen LogP contribution in [0.3, 0.4) is 0 Å². The Bertz CT molecular complexity index is 1190. The Morgan fingerprint density at radius 2 is 0.867 bits per heavy atom. The van der Waals surface area contributed by atoms with Crippen molar-refractivity contribution in [3.05, 3.63) is 104 Å². The van der Waals surface area contributed by atoms with E-state index in [1.807, 2.05) is 84.9 Å². The minimum absolute atomic E-state index is 0.787. The first-order chi connectivity index (χ1) is 14.9. The maximum absolute atomic E-state index is 4.79. The molecule has 142 valence electrons. The van der Waals surface area contributed by atoms with Crippen LogP contribution in [0.15, 0.2) is 104 Å². The van der Waals surface area contributed by atoms with E-state index in [1.165, 1.54) is 0 Å². The van der Waals surface area contributed by atoms with E-state index in [0.717, 1.165) is 45.4 Å². The third-order valence-corrected chi connectivity index (χ3v) is 4.67. The molecule has 0 unspecified atom stereocenters. The zero-order chi connectivity index (χ0) is 20.2. The Labute approximate surface area is 174 Å². The lowest BCUT2D eigenvalue weighted by molar-refractivity contribution is 1.21. The van der Waals surface area contributed by atoms with Crippen LogP contribution in [0.4, 0.5) is 0 Å². The molecule has 5 heteroatoms. The van der Waals surface area contributed by atoms with Gasteiger partial charge in [0.2, 0.25) is 0 Å². The molecule has 0 spiro atoms. The highest BCUT2D eigenvalue weighted by molar-refractivity contribution is 5.69. The average molecular weight is 387 g/mol. The van der Waals surface area contributed by atoms with Gasteiger partial charge in [-0.2, -0.15) is 0 Å². The predicted molar refractivity (Wildman–Crippen MR) is 117 cm³/mol. The molecule has 0 aliphatic heterocycles. The molecule has 0 atom stereocenters. The van der Waals surface area contributed by atoms with Crippen LogP contribution in [0.1, 0.15) is 0 Å². The summed E-state index contributed by atoms with van der Waals surface area (Å²) in [5.41, 5.74) is 6.75. The largest absolute Gasteiger partial charge is 0.255 e. The monoisotopic (exact) mass is 387 g/mol. The Balaban J connectivity index is 1.52. The standard InChI is InChI=1S/C25H17N5/c1-3-14-26-20(7-1)22-10-5-9-19(29-22)18-13-16-28-25(17-18)24-12-6-11-23(30-24)21-8-2-4-15-27-21/h1-17H. The van der Waals surface area contributed by atoms with E-state index in [1.54, 1.807) is 18.6 Å². The first-order valence-corrected chi connectivity index (χ1v) is 9.60. The minimum atomic E-state index is 0.787. The molecule has 5 aromatic rings. The van der Waals surface area contributed by atoms with Gasteiger partial charge in [-0.05, 0) is 60.7 Å². The van der Waals surface area contributed by atoms with Gasteiger partial charge in [0.15, 0.2) is 0 Å². The zero-order valence-electron chi connectivity index (χ0n) is 16.1. The van der Waals surface area contributed by atoms with Crippen molar-refractivity contribution in [1.82, 2.24) is 24.9 Å². The predicted octanol–water partition coefficient (Wildman–Crippen LogP) is 5.33. The van der Waals surface area contributed by atoms with Crippen molar-refractivity contribution < 1.29 is 0 Å². The van der Waals surface area contributed by atoms with E-state index in [9.17, 15) is 0 Å². The summed E-state index contributed by atoms with van der Waals surface area (Å²) in [5.74, 6) is 0. The topological polar surface area (TPSA) is 64.5 Å². The molecule has 5 aromatic heterocycles. The summed E-state index contributed by atoms with van der Waals surface area (Å²) in [6.07, 6.45) is 5.33. The van der Waals surface area contributed by atoms with Crippen LogP contribution in [0.25, 0.3) is 45.4 Å². The molecule has 0 radical (unpaired) electrons. The fourth-order valence-electron chi connectivity index (χ4n) is 3.22. The van der Waals surface area contributed by atoms with Crippen LogP contribution in [0.2, 0.25) is 0 Å². The Morgan fingerprint density at radius 1 is 0.367 bits per heavy atom. The number of hydrogen-bond donors (Lipinski definition) is 0. The molecular weight excluding hydrogens is 370 g/mol. The molecule has 0 amide bonds. The normalized spacial score (nSPS) is 10.7. The fourth-order valence-corrected chi connectivity index (χ4v) is 3.22.